The second-order valence-corrected chi connectivity index (χ2v) is 8.70. The molecule has 1 nitrogen and oxygen atoms in total. The Balaban J connectivity index is 1.45. The first-order chi connectivity index (χ1) is 14.5. The normalized spacial score (nSPS) is 19.6. The summed E-state index contributed by atoms with van der Waals surface area (Å²) in [5, 5.41) is 0. The van der Waals surface area contributed by atoms with Gasteiger partial charge in [0.15, 0.2) is 23.2 Å². The fourth-order valence-electron chi connectivity index (χ4n) is 4.91. The van der Waals surface area contributed by atoms with Gasteiger partial charge in [-0.05, 0) is 78.8 Å². The van der Waals surface area contributed by atoms with E-state index in [-0.39, 0.29) is 16.9 Å². The predicted molar refractivity (Wildman–Crippen MR) is 115 cm³/mol. The molecule has 0 heterocycles. The zero-order valence-electron chi connectivity index (χ0n) is 17.6. The van der Waals surface area contributed by atoms with Crippen LogP contribution in [0.25, 0.3) is 22.3 Å². The van der Waals surface area contributed by atoms with E-state index < -0.39 is 17.5 Å². The summed E-state index contributed by atoms with van der Waals surface area (Å²) >= 11 is 0. The van der Waals surface area contributed by atoms with Crippen molar-refractivity contribution < 1.29 is 17.9 Å². The average molecular weight is 415 g/mol. The molecule has 0 bridgehead atoms. The molecule has 0 atom stereocenters. The molecular weight excluding hydrogens is 385 g/mol. The molecule has 0 N–H and O–H groups in total. The van der Waals surface area contributed by atoms with Gasteiger partial charge in [-0.25, -0.2) is 13.2 Å². The quantitative estimate of drug-likeness (QED) is 0.341. The molecule has 1 saturated carbocycles. The maximum atomic E-state index is 15.1. The monoisotopic (exact) mass is 414 g/mol. The maximum Gasteiger partial charge on any atom is 0.173 e. The fraction of sp³-hybridized carbons (Fsp3) is 0.462. The molecule has 2 aliphatic rings. The summed E-state index contributed by atoms with van der Waals surface area (Å²) in [4.78, 5) is 0. The highest BCUT2D eigenvalue weighted by atomic mass is 19.2. The Kier molecular flexibility index (Phi) is 6.21. The number of hydrogen-bond donors (Lipinski definition) is 0. The van der Waals surface area contributed by atoms with Gasteiger partial charge >= 0.3 is 0 Å². The third-order valence-electron chi connectivity index (χ3n) is 6.67. The van der Waals surface area contributed by atoms with Crippen molar-refractivity contribution >= 4 is 0 Å². The maximum absolute atomic E-state index is 15.1. The lowest BCUT2D eigenvalue weighted by atomic mass is 9.78. The molecule has 2 aliphatic carbocycles. The Bertz CT molecular complexity index is 942. The first kappa shape index (κ1) is 21.0. The van der Waals surface area contributed by atoms with Crippen molar-refractivity contribution in [3.05, 3.63) is 53.9 Å². The summed E-state index contributed by atoms with van der Waals surface area (Å²) in [6, 6.07) is 5.03. The van der Waals surface area contributed by atoms with E-state index in [0.29, 0.717) is 35.6 Å². The van der Waals surface area contributed by atoms with Gasteiger partial charge in [-0.2, -0.15) is 0 Å². The molecule has 160 valence electrons. The van der Waals surface area contributed by atoms with Gasteiger partial charge in [0.2, 0.25) is 0 Å². The lowest BCUT2D eigenvalue weighted by Gasteiger charge is -2.29. The number of halogens is 3. The van der Waals surface area contributed by atoms with Gasteiger partial charge in [-0.3, -0.25) is 0 Å². The van der Waals surface area contributed by atoms with Crippen molar-refractivity contribution in [1.29, 1.82) is 0 Å². The minimum atomic E-state index is -0.947. The number of hydrogen-bond acceptors (Lipinski definition) is 1. The van der Waals surface area contributed by atoms with E-state index in [2.05, 4.69) is 6.58 Å². The van der Waals surface area contributed by atoms with Crippen molar-refractivity contribution in [2.24, 2.45) is 11.8 Å². The largest absolute Gasteiger partial charge is 0.490 e. The number of ether oxygens (including phenoxy) is 1. The van der Waals surface area contributed by atoms with Gasteiger partial charge in [0.1, 0.15) is 0 Å². The van der Waals surface area contributed by atoms with Crippen LogP contribution in [0.1, 0.15) is 57.4 Å². The zero-order chi connectivity index (χ0) is 21.3. The third kappa shape index (κ3) is 3.77. The number of fused-ring (bicyclic) bond motifs is 4. The fourth-order valence-corrected chi connectivity index (χ4v) is 4.91. The summed E-state index contributed by atoms with van der Waals surface area (Å²) < 4.78 is 49.9. The Morgan fingerprint density at radius 2 is 1.67 bits per heavy atom. The summed E-state index contributed by atoms with van der Waals surface area (Å²) in [5.74, 6) is -1.10. The smallest absolute Gasteiger partial charge is 0.173 e. The molecule has 2 aromatic carbocycles. The topological polar surface area (TPSA) is 9.23 Å². The predicted octanol–water partition coefficient (Wildman–Crippen LogP) is 7.86. The molecule has 0 unspecified atom stereocenters. The van der Waals surface area contributed by atoms with Gasteiger partial charge in [0, 0.05) is 11.1 Å². The summed E-state index contributed by atoms with van der Waals surface area (Å²) in [6.07, 6.45) is 9.92. The minimum Gasteiger partial charge on any atom is -0.490 e. The average Bonchev–Trinajstić information content (AvgIpc) is 2.74. The van der Waals surface area contributed by atoms with Crippen LogP contribution in [0.4, 0.5) is 13.2 Å². The molecule has 0 aromatic heterocycles. The van der Waals surface area contributed by atoms with Crippen LogP contribution in [-0.4, -0.2) is 6.61 Å². The third-order valence-corrected chi connectivity index (χ3v) is 6.67. The molecular formula is C26H29F3O. The number of allylic oxidation sites excluding steroid dienone is 1. The van der Waals surface area contributed by atoms with Gasteiger partial charge < -0.3 is 4.74 Å². The molecule has 30 heavy (non-hydrogen) atoms. The van der Waals surface area contributed by atoms with E-state index >= 15 is 4.39 Å². The van der Waals surface area contributed by atoms with Crippen molar-refractivity contribution in [1.82, 2.24) is 0 Å². The van der Waals surface area contributed by atoms with Crippen LogP contribution in [0.3, 0.4) is 0 Å². The first-order valence-corrected chi connectivity index (χ1v) is 11.1. The van der Waals surface area contributed by atoms with Crippen LogP contribution in [0.2, 0.25) is 0 Å². The van der Waals surface area contributed by atoms with Crippen molar-refractivity contribution in [3.63, 3.8) is 0 Å². The molecule has 0 spiro atoms. The molecule has 4 heteroatoms. The van der Waals surface area contributed by atoms with Crippen LogP contribution in [0.5, 0.6) is 5.75 Å². The summed E-state index contributed by atoms with van der Waals surface area (Å²) in [6.45, 7) is 6.17. The molecule has 0 saturated heterocycles. The van der Waals surface area contributed by atoms with E-state index in [1.54, 1.807) is 18.2 Å². The highest BCUT2D eigenvalue weighted by Gasteiger charge is 2.34. The van der Waals surface area contributed by atoms with Gasteiger partial charge in [0.05, 0.1) is 6.61 Å². The standard InChI is InChI=1S/C26H29F3O/c1-3-5-7-16-8-10-17(11-9-16)15-30-21-13-12-19-20-14-18(6-4-2)24(27)26(29)23(20)22(19)25(21)28/h3,12-14,16-17H,1,4-11,15H2,2H3. The molecule has 1 fully saturated rings. The van der Waals surface area contributed by atoms with Crippen molar-refractivity contribution in [3.8, 4) is 28.0 Å². The van der Waals surface area contributed by atoms with Crippen molar-refractivity contribution in [2.45, 2.75) is 58.3 Å². The highest BCUT2D eigenvalue weighted by molar-refractivity contribution is 6.03. The Morgan fingerprint density at radius 1 is 0.967 bits per heavy atom. The first-order valence-electron chi connectivity index (χ1n) is 11.1. The molecule has 0 aliphatic heterocycles. The number of rotatable bonds is 8. The molecule has 0 radical (unpaired) electrons. The zero-order valence-corrected chi connectivity index (χ0v) is 17.6. The molecule has 4 rings (SSSR count). The Hall–Kier alpha value is -2.23. The van der Waals surface area contributed by atoms with E-state index in [1.165, 1.54) is 19.3 Å². The van der Waals surface area contributed by atoms with Gasteiger partial charge in [-0.15, -0.1) is 6.58 Å². The van der Waals surface area contributed by atoms with Crippen LogP contribution in [0, 0.1) is 29.3 Å². The number of benzene rings is 2. The highest BCUT2D eigenvalue weighted by Crippen LogP contribution is 2.52. The minimum absolute atomic E-state index is 0.0491. The van der Waals surface area contributed by atoms with Crippen LogP contribution < -0.4 is 4.74 Å². The molecule has 2 aromatic rings. The second-order valence-electron chi connectivity index (χ2n) is 8.70. The Morgan fingerprint density at radius 3 is 2.37 bits per heavy atom. The van der Waals surface area contributed by atoms with Gasteiger partial charge in [-0.1, -0.05) is 32.3 Å². The number of aryl methyl sites for hydroxylation is 1. The molecule has 0 amide bonds. The lowest BCUT2D eigenvalue weighted by molar-refractivity contribution is 0.175. The summed E-state index contributed by atoms with van der Waals surface area (Å²) in [7, 11) is 0. The van der Waals surface area contributed by atoms with Crippen LogP contribution in [-0.2, 0) is 6.42 Å². The summed E-state index contributed by atoms with van der Waals surface area (Å²) in [5.41, 5.74) is 1.77. The SMILES string of the molecule is C=CCCC1CCC(COc2ccc3c(c2F)-c2c-3cc(CCC)c(F)c2F)CC1. The van der Waals surface area contributed by atoms with E-state index in [1.807, 2.05) is 13.0 Å². The van der Waals surface area contributed by atoms with E-state index in [0.717, 1.165) is 31.6 Å². The second kappa shape index (κ2) is 8.87. The Labute approximate surface area is 177 Å². The van der Waals surface area contributed by atoms with Crippen LogP contribution in [0.15, 0.2) is 30.9 Å². The lowest BCUT2D eigenvalue weighted by Crippen LogP contribution is -2.20. The van der Waals surface area contributed by atoms with E-state index in [9.17, 15) is 8.78 Å². The van der Waals surface area contributed by atoms with E-state index in [4.69, 9.17) is 4.74 Å². The van der Waals surface area contributed by atoms with Gasteiger partial charge in [0.25, 0.3) is 0 Å². The van der Waals surface area contributed by atoms with Crippen LogP contribution >= 0.6 is 0 Å². The van der Waals surface area contributed by atoms with Crippen molar-refractivity contribution in [2.75, 3.05) is 6.61 Å².